The van der Waals surface area contributed by atoms with Crippen molar-refractivity contribution in [1.82, 2.24) is 9.21 Å². The maximum atomic E-state index is 12.7. The van der Waals surface area contributed by atoms with Gasteiger partial charge in [0.1, 0.15) is 0 Å². The van der Waals surface area contributed by atoms with Crippen LogP contribution < -0.4 is 0 Å². The van der Waals surface area contributed by atoms with Gasteiger partial charge in [-0.05, 0) is 30.5 Å². The average molecular weight is 447 g/mol. The van der Waals surface area contributed by atoms with Gasteiger partial charge in [0, 0.05) is 26.2 Å². The second-order valence-corrected chi connectivity index (χ2v) is 9.08. The molecule has 0 bridgehead atoms. The van der Waals surface area contributed by atoms with Crippen molar-refractivity contribution >= 4 is 21.9 Å². The van der Waals surface area contributed by atoms with Crippen LogP contribution in [0, 0.1) is 22.7 Å². The summed E-state index contributed by atoms with van der Waals surface area (Å²) in [6, 6.07) is 9.94. The van der Waals surface area contributed by atoms with E-state index in [0.29, 0.717) is 18.7 Å². The van der Waals surface area contributed by atoms with E-state index in [9.17, 15) is 18.0 Å². The third-order valence-corrected chi connectivity index (χ3v) is 6.83. The number of carbonyl (C=O) groups is 2. The molecule has 9 nitrogen and oxygen atoms in total. The van der Waals surface area contributed by atoms with E-state index < -0.39 is 28.5 Å². The van der Waals surface area contributed by atoms with Gasteiger partial charge in [-0.2, -0.15) is 14.8 Å². The molecule has 1 aliphatic heterocycles. The van der Waals surface area contributed by atoms with Crippen molar-refractivity contribution < 1.29 is 22.7 Å². The second kappa shape index (κ2) is 12.0. The fraction of sp³-hybridized carbons (Fsp3) is 0.524. The summed E-state index contributed by atoms with van der Waals surface area (Å²) in [4.78, 5) is 25.8. The van der Waals surface area contributed by atoms with E-state index in [1.54, 1.807) is 12.1 Å². The van der Waals surface area contributed by atoms with Gasteiger partial charge in [-0.15, -0.1) is 0 Å². The fourth-order valence-corrected chi connectivity index (χ4v) is 4.73. The molecule has 0 N–H and O–H groups in total. The van der Waals surface area contributed by atoms with Crippen LogP contribution in [-0.2, 0) is 30.8 Å². The number of benzene rings is 1. The highest BCUT2D eigenvalue weighted by molar-refractivity contribution is 7.89. The Balaban J connectivity index is 1.88. The van der Waals surface area contributed by atoms with E-state index >= 15 is 0 Å². The number of piperidine rings is 1. The van der Waals surface area contributed by atoms with E-state index in [2.05, 4.69) is 0 Å². The zero-order chi connectivity index (χ0) is 22.7. The number of ether oxygens (including phenoxy) is 1. The zero-order valence-electron chi connectivity index (χ0n) is 17.3. The standard InChI is InChI=1S/C21H26N4O5S/c22-10-4-12-24(13-5-11-23)20(26)17-30-21(27)16-18-6-8-19(9-7-18)31(28,29)25-14-2-1-3-15-25/h6-9H,1-5,12-17H2. The normalized spacial score (nSPS) is 14.3. The van der Waals surface area contributed by atoms with Gasteiger partial charge in [0.05, 0.1) is 36.3 Å². The lowest BCUT2D eigenvalue weighted by Crippen LogP contribution is -2.36. The molecule has 1 aliphatic rings. The highest BCUT2D eigenvalue weighted by atomic mass is 32.2. The number of nitriles is 2. The van der Waals surface area contributed by atoms with Crippen molar-refractivity contribution in [2.45, 2.75) is 43.4 Å². The van der Waals surface area contributed by atoms with Gasteiger partial charge in [-0.3, -0.25) is 9.59 Å². The summed E-state index contributed by atoms with van der Waals surface area (Å²) >= 11 is 0. The molecule has 0 radical (unpaired) electrons. The summed E-state index contributed by atoms with van der Waals surface area (Å²) in [6.07, 6.45) is 2.88. The first kappa shape index (κ1) is 24.3. The Morgan fingerprint density at radius 1 is 1.00 bits per heavy atom. The SMILES string of the molecule is N#CCCN(CCC#N)C(=O)COC(=O)Cc1ccc(S(=O)(=O)N2CCCCC2)cc1. The highest BCUT2D eigenvalue weighted by Gasteiger charge is 2.25. The van der Waals surface area contributed by atoms with Gasteiger partial charge < -0.3 is 9.64 Å². The summed E-state index contributed by atoms with van der Waals surface area (Å²) in [5.74, 6) is -1.10. The largest absolute Gasteiger partial charge is 0.455 e. The van der Waals surface area contributed by atoms with Gasteiger partial charge in [-0.25, -0.2) is 8.42 Å². The monoisotopic (exact) mass is 446 g/mol. The maximum absolute atomic E-state index is 12.7. The molecular weight excluding hydrogens is 420 g/mol. The number of carbonyl (C=O) groups excluding carboxylic acids is 2. The van der Waals surface area contributed by atoms with Crippen molar-refractivity contribution in [2.75, 3.05) is 32.8 Å². The Morgan fingerprint density at radius 3 is 2.13 bits per heavy atom. The van der Waals surface area contributed by atoms with Gasteiger partial charge in [0.15, 0.2) is 6.61 Å². The first-order valence-electron chi connectivity index (χ1n) is 10.1. The number of hydrogen-bond acceptors (Lipinski definition) is 7. The summed E-state index contributed by atoms with van der Waals surface area (Å²) in [5.41, 5.74) is 0.570. The minimum absolute atomic E-state index is 0.103. The van der Waals surface area contributed by atoms with Crippen LogP contribution in [0.3, 0.4) is 0 Å². The second-order valence-electron chi connectivity index (χ2n) is 7.14. The van der Waals surface area contributed by atoms with E-state index in [1.165, 1.54) is 21.3 Å². The lowest BCUT2D eigenvalue weighted by molar-refractivity contribution is -0.151. The number of nitrogens with zero attached hydrogens (tertiary/aromatic N) is 4. The van der Waals surface area contributed by atoms with Crippen LogP contribution in [0.1, 0.15) is 37.7 Å². The van der Waals surface area contributed by atoms with E-state index in [0.717, 1.165) is 19.3 Å². The van der Waals surface area contributed by atoms with Crippen LogP contribution in [0.5, 0.6) is 0 Å². The van der Waals surface area contributed by atoms with Crippen molar-refractivity contribution in [2.24, 2.45) is 0 Å². The molecule has 0 atom stereocenters. The molecule has 2 rings (SSSR count). The predicted octanol–water partition coefficient (Wildman–Crippen LogP) is 1.60. The van der Waals surface area contributed by atoms with Crippen molar-refractivity contribution in [3.05, 3.63) is 29.8 Å². The average Bonchev–Trinajstić information content (AvgIpc) is 2.78. The van der Waals surface area contributed by atoms with Crippen LogP contribution in [0.4, 0.5) is 0 Å². The van der Waals surface area contributed by atoms with Crippen molar-refractivity contribution in [3.63, 3.8) is 0 Å². The molecule has 1 aromatic rings. The summed E-state index contributed by atoms with van der Waals surface area (Å²) in [5, 5.41) is 17.3. The summed E-state index contributed by atoms with van der Waals surface area (Å²) in [7, 11) is -3.53. The molecule has 0 saturated carbocycles. The third kappa shape index (κ3) is 7.35. The molecule has 10 heteroatoms. The Labute approximate surface area is 182 Å². The maximum Gasteiger partial charge on any atom is 0.310 e. The molecule has 1 saturated heterocycles. The third-order valence-electron chi connectivity index (χ3n) is 4.92. The van der Waals surface area contributed by atoms with Crippen LogP contribution in [0.25, 0.3) is 0 Å². The molecular formula is C21H26N4O5S. The van der Waals surface area contributed by atoms with E-state index in [1.807, 2.05) is 12.1 Å². The molecule has 31 heavy (non-hydrogen) atoms. The van der Waals surface area contributed by atoms with E-state index in [-0.39, 0.29) is 37.2 Å². The Hall–Kier alpha value is -2.95. The fourth-order valence-electron chi connectivity index (χ4n) is 3.22. The molecule has 0 aliphatic carbocycles. The number of esters is 1. The number of sulfonamides is 1. The quantitative estimate of drug-likeness (QED) is 0.499. The van der Waals surface area contributed by atoms with Crippen molar-refractivity contribution in [1.29, 1.82) is 10.5 Å². The van der Waals surface area contributed by atoms with Gasteiger partial charge in [-0.1, -0.05) is 18.6 Å². The predicted molar refractivity (Wildman–Crippen MR) is 111 cm³/mol. The molecule has 166 valence electrons. The first-order valence-corrected chi connectivity index (χ1v) is 11.6. The molecule has 1 aromatic carbocycles. The van der Waals surface area contributed by atoms with Gasteiger partial charge in [0.2, 0.25) is 10.0 Å². The minimum atomic E-state index is -3.53. The minimum Gasteiger partial charge on any atom is -0.455 e. The Morgan fingerprint density at radius 2 is 1.58 bits per heavy atom. The topological polar surface area (TPSA) is 132 Å². The van der Waals surface area contributed by atoms with Crippen LogP contribution in [0.15, 0.2) is 29.2 Å². The molecule has 1 fully saturated rings. The van der Waals surface area contributed by atoms with E-state index in [4.69, 9.17) is 15.3 Å². The number of amides is 1. The Bertz CT molecular complexity index is 923. The molecule has 0 spiro atoms. The lowest BCUT2D eigenvalue weighted by atomic mass is 10.1. The van der Waals surface area contributed by atoms with Crippen LogP contribution in [-0.4, -0.2) is 62.3 Å². The molecule has 1 amide bonds. The van der Waals surface area contributed by atoms with Gasteiger partial charge in [0.25, 0.3) is 5.91 Å². The number of hydrogen-bond donors (Lipinski definition) is 0. The molecule has 0 aromatic heterocycles. The van der Waals surface area contributed by atoms with Crippen molar-refractivity contribution in [3.8, 4) is 12.1 Å². The number of rotatable bonds is 10. The smallest absolute Gasteiger partial charge is 0.310 e. The lowest BCUT2D eigenvalue weighted by Gasteiger charge is -2.25. The Kier molecular flexibility index (Phi) is 9.44. The van der Waals surface area contributed by atoms with Crippen LogP contribution in [0.2, 0.25) is 0 Å². The zero-order valence-corrected chi connectivity index (χ0v) is 18.1. The highest BCUT2D eigenvalue weighted by Crippen LogP contribution is 2.21. The van der Waals surface area contributed by atoms with Crippen LogP contribution >= 0.6 is 0 Å². The first-order chi connectivity index (χ1) is 14.9. The molecule has 0 unspecified atom stereocenters. The molecule has 1 heterocycles. The van der Waals surface area contributed by atoms with Gasteiger partial charge >= 0.3 is 5.97 Å². The summed E-state index contributed by atoms with van der Waals surface area (Å²) < 4.78 is 31.8. The summed E-state index contributed by atoms with van der Waals surface area (Å²) in [6.45, 7) is 0.897.